The van der Waals surface area contributed by atoms with E-state index in [0.717, 1.165) is 42.9 Å². The van der Waals surface area contributed by atoms with Gasteiger partial charge in [0.25, 0.3) is 5.56 Å². The van der Waals surface area contributed by atoms with Crippen LogP contribution in [0.2, 0.25) is 0 Å². The van der Waals surface area contributed by atoms with Crippen molar-refractivity contribution >= 4 is 23.2 Å². The van der Waals surface area contributed by atoms with Gasteiger partial charge >= 0.3 is 11.7 Å². The fourth-order valence-corrected chi connectivity index (χ4v) is 3.26. The van der Waals surface area contributed by atoms with E-state index in [1.165, 1.54) is 10.6 Å². The molecule has 0 amide bonds. The highest BCUT2D eigenvalue weighted by molar-refractivity contribution is 5.85. The number of aromatic nitrogens is 4. The summed E-state index contributed by atoms with van der Waals surface area (Å²) >= 11 is 0. The number of aliphatic carboxylic acids is 1. The molecule has 0 saturated heterocycles. The maximum atomic E-state index is 13.0. The fraction of sp³-hybridized carbons (Fsp3) is 0.364. The van der Waals surface area contributed by atoms with Crippen molar-refractivity contribution in [2.24, 2.45) is 0 Å². The van der Waals surface area contributed by atoms with Gasteiger partial charge in [0.15, 0.2) is 5.52 Å². The number of carboxylic acid groups (broad SMARTS) is 1. The highest BCUT2D eigenvalue weighted by Gasteiger charge is 2.17. The van der Waals surface area contributed by atoms with Crippen molar-refractivity contribution in [3.05, 3.63) is 56.7 Å². The number of hydrogen-bond donors (Lipinski definition) is 2. The Balaban J connectivity index is 2.10. The number of unbranched alkanes of at least 4 members (excludes halogenated alkanes) is 2. The second-order valence-electron chi connectivity index (χ2n) is 7.17. The molecular formula is C22H26N4O4. The van der Waals surface area contributed by atoms with Gasteiger partial charge < -0.3 is 10.1 Å². The van der Waals surface area contributed by atoms with Crippen LogP contribution in [0.15, 0.2) is 39.9 Å². The molecule has 0 saturated carbocycles. The van der Waals surface area contributed by atoms with Crippen LogP contribution in [-0.2, 0) is 17.9 Å². The molecule has 30 heavy (non-hydrogen) atoms. The number of nitrogens with one attached hydrogen (secondary N) is 1. The lowest BCUT2D eigenvalue weighted by Crippen LogP contribution is -2.40. The second kappa shape index (κ2) is 9.39. The van der Waals surface area contributed by atoms with Crippen molar-refractivity contribution in [3.63, 3.8) is 0 Å². The number of hydrogen-bond acceptors (Lipinski definition) is 4. The Morgan fingerprint density at radius 2 is 1.70 bits per heavy atom. The summed E-state index contributed by atoms with van der Waals surface area (Å²) in [6.45, 7) is 4.96. The average molecular weight is 410 g/mol. The van der Waals surface area contributed by atoms with E-state index < -0.39 is 5.97 Å². The minimum Gasteiger partial charge on any atom is -0.478 e. The first kappa shape index (κ1) is 21.3. The van der Waals surface area contributed by atoms with Crippen molar-refractivity contribution < 1.29 is 9.90 Å². The molecule has 8 heteroatoms. The summed E-state index contributed by atoms with van der Waals surface area (Å²) in [4.78, 5) is 44.2. The van der Waals surface area contributed by atoms with Crippen LogP contribution in [0.4, 0.5) is 0 Å². The maximum Gasteiger partial charge on any atom is 0.332 e. The molecule has 2 N–H and O–H groups in total. The van der Waals surface area contributed by atoms with Crippen LogP contribution < -0.4 is 11.2 Å². The molecule has 0 atom stereocenters. The van der Waals surface area contributed by atoms with Crippen LogP contribution in [0.3, 0.4) is 0 Å². The smallest absolute Gasteiger partial charge is 0.332 e. The highest BCUT2D eigenvalue weighted by atomic mass is 16.4. The largest absolute Gasteiger partial charge is 0.478 e. The number of imidazole rings is 1. The van der Waals surface area contributed by atoms with Crippen LogP contribution in [0.5, 0.6) is 0 Å². The number of H-pyrrole nitrogens is 1. The molecule has 0 aliphatic rings. The van der Waals surface area contributed by atoms with E-state index in [4.69, 9.17) is 5.11 Å². The van der Waals surface area contributed by atoms with Gasteiger partial charge in [0.1, 0.15) is 11.5 Å². The van der Waals surface area contributed by atoms with Crippen molar-refractivity contribution in [2.45, 2.75) is 52.6 Å². The number of aromatic amines is 1. The summed E-state index contributed by atoms with van der Waals surface area (Å²) in [5, 5.41) is 8.74. The molecule has 2 aromatic heterocycles. The lowest BCUT2D eigenvalue weighted by Gasteiger charge is -2.10. The number of carbonyl (C=O) groups is 1. The lowest BCUT2D eigenvalue weighted by molar-refractivity contribution is -0.131. The van der Waals surface area contributed by atoms with Crippen LogP contribution in [-0.4, -0.2) is 30.2 Å². The van der Waals surface area contributed by atoms with E-state index >= 15 is 0 Å². The van der Waals surface area contributed by atoms with E-state index in [2.05, 4.69) is 9.97 Å². The molecule has 1 aromatic carbocycles. The molecule has 0 fully saturated rings. The monoisotopic (exact) mass is 410 g/mol. The molecule has 0 spiro atoms. The van der Waals surface area contributed by atoms with E-state index in [1.54, 1.807) is 28.8 Å². The van der Waals surface area contributed by atoms with Gasteiger partial charge in [-0.3, -0.25) is 13.9 Å². The molecule has 3 rings (SSSR count). The van der Waals surface area contributed by atoms with Crippen molar-refractivity contribution in [1.82, 2.24) is 19.1 Å². The van der Waals surface area contributed by atoms with E-state index in [0.29, 0.717) is 24.6 Å². The van der Waals surface area contributed by atoms with Gasteiger partial charge in [-0.15, -0.1) is 0 Å². The molecule has 0 unspecified atom stereocenters. The zero-order chi connectivity index (χ0) is 21.7. The number of carboxylic acids is 1. The topological polar surface area (TPSA) is 110 Å². The quantitative estimate of drug-likeness (QED) is 0.526. The predicted molar refractivity (Wildman–Crippen MR) is 117 cm³/mol. The lowest BCUT2D eigenvalue weighted by atomic mass is 10.1. The average Bonchev–Trinajstić information content (AvgIpc) is 3.18. The fourth-order valence-electron chi connectivity index (χ4n) is 3.26. The van der Waals surface area contributed by atoms with Crippen LogP contribution in [0.25, 0.3) is 28.6 Å². The third-order valence-corrected chi connectivity index (χ3v) is 4.94. The molecule has 0 aliphatic carbocycles. The Kier molecular flexibility index (Phi) is 6.66. The van der Waals surface area contributed by atoms with E-state index in [-0.39, 0.29) is 16.8 Å². The second-order valence-corrected chi connectivity index (χ2v) is 7.17. The van der Waals surface area contributed by atoms with Gasteiger partial charge in [-0.2, -0.15) is 0 Å². The van der Waals surface area contributed by atoms with E-state index in [9.17, 15) is 14.4 Å². The van der Waals surface area contributed by atoms with Crippen molar-refractivity contribution in [2.75, 3.05) is 0 Å². The number of rotatable bonds is 9. The Labute approximate surface area is 173 Å². The van der Waals surface area contributed by atoms with E-state index in [1.807, 2.05) is 13.8 Å². The third kappa shape index (κ3) is 4.42. The molecule has 2 heterocycles. The summed E-state index contributed by atoms with van der Waals surface area (Å²) in [7, 11) is 0. The first-order valence-corrected chi connectivity index (χ1v) is 10.2. The SMILES string of the molecule is CCCCn1c(=O)c2nc(-c3ccc(/C=C/C(=O)O)cc3)[nH]c2n(CCCC)c1=O. The Morgan fingerprint density at radius 3 is 2.30 bits per heavy atom. The van der Waals surface area contributed by atoms with Gasteiger partial charge in [-0.1, -0.05) is 51.0 Å². The zero-order valence-corrected chi connectivity index (χ0v) is 17.2. The number of benzene rings is 1. The van der Waals surface area contributed by atoms with Crippen LogP contribution >= 0.6 is 0 Å². The van der Waals surface area contributed by atoms with Gasteiger partial charge in [-0.25, -0.2) is 14.6 Å². The number of fused-ring (bicyclic) bond motifs is 1. The molecule has 158 valence electrons. The summed E-state index contributed by atoms with van der Waals surface area (Å²) < 4.78 is 2.89. The molecular weight excluding hydrogens is 384 g/mol. The summed E-state index contributed by atoms with van der Waals surface area (Å²) in [6.07, 6.45) is 5.94. The van der Waals surface area contributed by atoms with Gasteiger partial charge in [0.05, 0.1) is 0 Å². The Bertz CT molecular complexity index is 1180. The van der Waals surface area contributed by atoms with Gasteiger partial charge in [0, 0.05) is 24.7 Å². The molecule has 0 aliphatic heterocycles. The highest BCUT2D eigenvalue weighted by Crippen LogP contribution is 2.20. The first-order valence-electron chi connectivity index (χ1n) is 10.2. The van der Waals surface area contributed by atoms with Crippen molar-refractivity contribution in [1.29, 1.82) is 0 Å². The predicted octanol–water partition coefficient (Wildman–Crippen LogP) is 3.25. The first-order chi connectivity index (χ1) is 14.5. The summed E-state index contributed by atoms with van der Waals surface area (Å²) in [5.74, 6) is -0.519. The summed E-state index contributed by atoms with van der Waals surface area (Å²) in [6, 6.07) is 7.13. The number of nitrogens with zero attached hydrogens (tertiary/aromatic N) is 3. The molecule has 0 radical (unpaired) electrons. The minimum absolute atomic E-state index is 0.256. The molecule has 8 nitrogen and oxygen atoms in total. The van der Waals surface area contributed by atoms with Gasteiger partial charge in [-0.05, 0) is 24.5 Å². The molecule has 3 aromatic rings. The molecule has 0 bridgehead atoms. The third-order valence-electron chi connectivity index (χ3n) is 4.94. The minimum atomic E-state index is -1.01. The Hall–Kier alpha value is -3.42. The number of aryl methyl sites for hydroxylation is 1. The van der Waals surface area contributed by atoms with Crippen LogP contribution in [0, 0.1) is 0 Å². The van der Waals surface area contributed by atoms with Crippen LogP contribution in [0.1, 0.15) is 45.1 Å². The van der Waals surface area contributed by atoms with Gasteiger partial charge in [0.2, 0.25) is 0 Å². The standard InChI is InChI=1S/C22H26N4O4/c1-3-5-13-25-20-18(21(29)26(22(25)30)14-6-4-2)23-19(24-20)16-10-7-15(8-11-16)9-12-17(27)28/h7-12H,3-6,13-14H2,1-2H3,(H,23,24)(H,27,28)/b12-9+. The normalized spacial score (nSPS) is 11.5. The maximum absolute atomic E-state index is 13.0. The van der Waals surface area contributed by atoms with Crippen molar-refractivity contribution in [3.8, 4) is 11.4 Å². The Morgan fingerprint density at radius 1 is 1.07 bits per heavy atom. The zero-order valence-electron chi connectivity index (χ0n) is 17.2. The summed E-state index contributed by atoms with van der Waals surface area (Å²) in [5.41, 5.74) is 1.49.